The second-order valence-corrected chi connectivity index (χ2v) is 10.6. The molecule has 6 nitrogen and oxygen atoms in total. The number of likely N-dealkylation sites (N-methyl/N-ethyl adjacent to an activating group) is 1. The molecule has 29 heavy (non-hydrogen) atoms. The van der Waals surface area contributed by atoms with Crippen molar-refractivity contribution in [2.24, 2.45) is 0 Å². The van der Waals surface area contributed by atoms with E-state index < -0.39 is 10.0 Å². The fourth-order valence-electron chi connectivity index (χ4n) is 3.65. The molecular formula is C21H29N3O3S2. The maximum atomic E-state index is 12.9. The Morgan fingerprint density at radius 3 is 2.55 bits per heavy atom. The summed E-state index contributed by atoms with van der Waals surface area (Å²) in [6.45, 7) is 2.99. The molecule has 1 aromatic heterocycles. The van der Waals surface area contributed by atoms with E-state index in [0.717, 1.165) is 19.3 Å². The first-order valence-electron chi connectivity index (χ1n) is 9.90. The predicted octanol–water partition coefficient (Wildman–Crippen LogP) is 3.34. The molecule has 2 heterocycles. The Bertz CT molecular complexity index is 909. The van der Waals surface area contributed by atoms with Crippen molar-refractivity contribution >= 4 is 27.3 Å². The van der Waals surface area contributed by atoms with Crippen molar-refractivity contribution in [2.75, 3.05) is 27.2 Å². The molecule has 158 valence electrons. The number of sulfonamides is 1. The molecule has 1 N–H and O–H groups in total. The molecule has 1 amide bonds. The molecule has 2 unspecified atom stereocenters. The minimum absolute atomic E-state index is 0.0111. The summed E-state index contributed by atoms with van der Waals surface area (Å²) in [7, 11) is 0.444. The number of amides is 1. The number of piperidine rings is 1. The summed E-state index contributed by atoms with van der Waals surface area (Å²) in [5, 5.41) is 4.99. The van der Waals surface area contributed by atoms with Crippen LogP contribution in [0.15, 0.2) is 46.7 Å². The molecule has 2 aromatic rings. The topological polar surface area (TPSA) is 69.7 Å². The highest BCUT2D eigenvalue weighted by molar-refractivity contribution is 7.89. The second-order valence-electron chi connectivity index (χ2n) is 7.69. The first-order chi connectivity index (χ1) is 13.8. The Balaban J connectivity index is 1.67. The number of rotatable bonds is 7. The van der Waals surface area contributed by atoms with Crippen molar-refractivity contribution in [2.45, 2.75) is 43.2 Å². The zero-order valence-electron chi connectivity index (χ0n) is 17.2. The van der Waals surface area contributed by atoms with Crippen LogP contribution in [0.3, 0.4) is 0 Å². The van der Waals surface area contributed by atoms with Crippen LogP contribution in [0.5, 0.6) is 0 Å². The minimum atomic E-state index is -3.52. The van der Waals surface area contributed by atoms with Crippen LogP contribution in [0.1, 0.15) is 47.5 Å². The first-order valence-corrected chi connectivity index (χ1v) is 12.2. The van der Waals surface area contributed by atoms with Gasteiger partial charge in [-0.05, 0) is 69.6 Å². The highest BCUT2D eigenvalue weighted by atomic mass is 32.2. The van der Waals surface area contributed by atoms with Gasteiger partial charge in [0.1, 0.15) is 0 Å². The van der Waals surface area contributed by atoms with Gasteiger partial charge >= 0.3 is 0 Å². The lowest BCUT2D eigenvalue weighted by atomic mass is 10.1. The van der Waals surface area contributed by atoms with Crippen molar-refractivity contribution in [1.29, 1.82) is 0 Å². The average Bonchev–Trinajstić information content (AvgIpc) is 3.22. The molecule has 0 aliphatic carbocycles. The molecule has 0 bridgehead atoms. The highest BCUT2D eigenvalue weighted by Gasteiger charge is 2.31. The van der Waals surface area contributed by atoms with E-state index in [2.05, 4.69) is 16.3 Å². The summed E-state index contributed by atoms with van der Waals surface area (Å²) in [6, 6.07) is 10.4. The maximum absolute atomic E-state index is 12.9. The number of hydrogen-bond donors (Lipinski definition) is 1. The van der Waals surface area contributed by atoms with Crippen molar-refractivity contribution in [3.63, 3.8) is 0 Å². The number of carbonyl (C=O) groups is 1. The van der Waals surface area contributed by atoms with Crippen LogP contribution in [0.2, 0.25) is 0 Å². The van der Waals surface area contributed by atoms with Gasteiger partial charge < -0.3 is 10.2 Å². The number of benzene rings is 1. The normalized spacial score (nSPS) is 19.2. The summed E-state index contributed by atoms with van der Waals surface area (Å²) in [5.41, 5.74) is 0.458. The third-order valence-electron chi connectivity index (χ3n) is 5.42. The van der Waals surface area contributed by atoms with Gasteiger partial charge in [0.2, 0.25) is 10.0 Å². The number of hydrogen-bond acceptors (Lipinski definition) is 5. The van der Waals surface area contributed by atoms with Gasteiger partial charge in [0.25, 0.3) is 5.91 Å². The smallest absolute Gasteiger partial charge is 0.251 e. The van der Waals surface area contributed by atoms with Crippen LogP contribution in [0.4, 0.5) is 0 Å². The zero-order valence-corrected chi connectivity index (χ0v) is 18.8. The number of thiophene rings is 1. The van der Waals surface area contributed by atoms with Gasteiger partial charge in [-0.3, -0.25) is 4.79 Å². The zero-order chi connectivity index (χ0) is 21.0. The summed E-state index contributed by atoms with van der Waals surface area (Å²) < 4.78 is 27.4. The van der Waals surface area contributed by atoms with E-state index >= 15 is 0 Å². The minimum Gasteiger partial charge on any atom is -0.350 e. The largest absolute Gasteiger partial charge is 0.350 e. The molecule has 0 saturated carbocycles. The van der Waals surface area contributed by atoms with Gasteiger partial charge in [-0.15, -0.1) is 11.3 Å². The summed E-state index contributed by atoms with van der Waals surface area (Å²) in [4.78, 5) is 16.1. The van der Waals surface area contributed by atoms with E-state index in [0.29, 0.717) is 18.7 Å². The number of nitrogens with zero attached hydrogens (tertiary/aromatic N) is 2. The fraction of sp³-hybridized carbons (Fsp3) is 0.476. The molecule has 1 aliphatic rings. The summed E-state index contributed by atoms with van der Waals surface area (Å²) in [5.74, 6) is -0.205. The fourth-order valence-corrected chi connectivity index (χ4v) is 6.27. The third kappa shape index (κ3) is 5.06. The van der Waals surface area contributed by atoms with Crippen LogP contribution in [0, 0.1) is 0 Å². The van der Waals surface area contributed by atoms with Crippen molar-refractivity contribution < 1.29 is 13.2 Å². The van der Waals surface area contributed by atoms with E-state index in [1.807, 2.05) is 32.5 Å². The number of nitrogens with one attached hydrogen (secondary N) is 1. The standard InChI is InChI=1S/C21H29N3O3S2/c1-16-7-4-5-13-24(16)29(26,27)18-11-9-17(10-12-18)21(25)22-15-19(23(2)3)20-8-6-14-28-20/h6,8-12,14,16,19H,4-5,7,13,15H2,1-3H3,(H,22,25). The lowest BCUT2D eigenvalue weighted by Gasteiger charge is -2.32. The quantitative estimate of drug-likeness (QED) is 0.724. The van der Waals surface area contributed by atoms with Gasteiger partial charge in [0.15, 0.2) is 0 Å². The Hall–Kier alpha value is -1.74. The van der Waals surface area contributed by atoms with Gasteiger partial charge in [-0.1, -0.05) is 12.5 Å². The SMILES string of the molecule is CC1CCCCN1S(=O)(=O)c1ccc(C(=O)NCC(c2cccs2)N(C)C)cc1. The third-order valence-corrected chi connectivity index (χ3v) is 8.42. The van der Waals surface area contributed by atoms with Crippen LogP contribution in [-0.2, 0) is 10.0 Å². The molecule has 8 heteroatoms. The van der Waals surface area contributed by atoms with Gasteiger partial charge in [-0.2, -0.15) is 4.31 Å². The van der Waals surface area contributed by atoms with E-state index in [1.54, 1.807) is 27.8 Å². The lowest BCUT2D eigenvalue weighted by Crippen LogP contribution is -2.41. The Labute approximate surface area is 177 Å². The van der Waals surface area contributed by atoms with Crippen LogP contribution < -0.4 is 5.32 Å². The monoisotopic (exact) mass is 435 g/mol. The first kappa shape index (κ1) is 22.0. The van der Waals surface area contributed by atoms with Crippen LogP contribution >= 0.6 is 11.3 Å². The van der Waals surface area contributed by atoms with Gasteiger partial charge in [-0.25, -0.2) is 8.42 Å². The van der Waals surface area contributed by atoms with E-state index in [9.17, 15) is 13.2 Å². The van der Waals surface area contributed by atoms with Crippen molar-refractivity contribution in [3.8, 4) is 0 Å². The summed E-state index contributed by atoms with van der Waals surface area (Å²) in [6.07, 6.45) is 2.84. The Kier molecular flexibility index (Phi) is 7.10. The predicted molar refractivity (Wildman–Crippen MR) is 117 cm³/mol. The van der Waals surface area contributed by atoms with Gasteiger partial charge in [0.05, 0.1) is 10.9 Å². The molecule has 0 radical (unpaired) electrons. The van der Waals surface area contributed by atoms with E-state index in [1.165, 1.54) is 17.0 Å². The molecule has 0 spiro atoms. The molecule has 3 rings (SSSR count). The second kappa shape index (κ2) is 9.38. The molecule has 1 fully saturated rings. The molecule has 1 saturated heterocycles. The molecule has 1 aromatic carbocycles. The maximum Gasteiger partial charge on any atom is 0.251 e. The van der Waals surface area contributed by atoms with Crippen molar-refractivity contribution in [1.82, 2.24) is 14.5 Å². The van der Waals surface area contributed by atoms with E-state index in [-0.39, 0.29) is 22.9 Å². The summed E-state index contributed by atoms with van der Waals surface area (Å²) >= 11 is 1.66. The number of carbonyl (C=O) groups excluding carboxylic acids is 1. The van der Waals surface area contributed by atoms with Crippen LogP contribution in [-0.4, -0.2) is 56.8 Å². The van der Waals surface area contributed by atoms with Crippen molar-refractivity contribution in [3.05, 3.63) is 52.2 Å². The molecular weight excluding hydrogens is 406 g/mol. The Morgan fingerprint density at radius 2 is 1.97 bits per heavy atom. The molecule has 2 atom stereocenters. The average molecular weight is 436 g/mol. The van der Waals surface area contributed by atoms with Crippen LogP contribution in [0.25, 0.3) is 0 Å². The van der Waals surface area contributed by atoms with Gasteiger partial charge in [0, 0.05) is 29.6 Å². The molecule has 1 aliphatic heterocycles. The lowest BCUT2D eigenvalue weighted by molar-refractivity contribution is 0.0942. The Morgan fingerprint density at radius 1 is 1.24 bits per heavy atom. The highest BCUT2D eigenvalue weighted by Crippen LogP contribution is 2.25. The van der Waals surface area contributed by atoms with E-state index in [4.69, 9.17) is 0 Å².